The molecule has 1 aliphatic rings. The van der Waals surface area contributed by atoms with Crippen LogP contribution < -0.4 is 5.32 Å². The molecule has 7 heteroatoms. The van der Waals surface area contributed by atoms with Gasteiger partial charge in [-0.3, -0.25) is 9.69 Å². The highest BCUT2D eigenvalue weighted by Crippen LogP contribution is 2.12. The van der Waals surface area contributed by atoms with E-state index in [1.54, 1.807) is 23.8 Å². The Kier molecular flexibility index (Phi) is 6.61. The van der Waals surface area contributed by atoms with Crippen molar-refractivity contribution in [2.45, 2.75) is 13.3 Å². The zero-order valence-electron chi connectivity index (χ0n) is 13.8. The van der Waals surface area contributed by atoms with Crippen molar-refractivity contribution < 1.29 is 19.1 Å². The number of nitrogens with one attached hydrogen (secondary N) is 1. The molecule has 0 unspecified atom stereocenters. The van der Waals surface area contributed by atoms with Gasteiger partial charge in [-0.05, 0) is 13.0 Å². The number of carbonyl (C=O) groups excluding carboxylic acids is 2. The topological polar surface area (TPSA) is 72.8 Å². The minimum absolute atomic E-state index is 0.0920. The van der Waals surface area contributed by atoms with Crippen LogP contribution in [0.1, 0.15) is 23.0 Å². The Bertz CT molecular complexity index is 535. The molecule has 7 nitrogen and oxygen atoms in total. The van der Waals surface area contributed by atoms with E-state index >= 15 is 0 Å². The quantitative estimate of drug-likeness (QED) is 0.726. The average Bonchev–Trinajstić information content (AvgIpc) is 2.90. The number of amides is 1. The lowest BCUT2D eigenvalue weighted by molar-refractivity contribution is -0.120. The molecule has 0 aliphatic carbocycles. The van der Waals surface area contributed by atoms with Gasteiger partial charge in [0.1, 0.15) is 0 Å². The summed E-state index contributed by atoms with van der Waals surface area (Å²) in [6, 6.07) is 1.69. The van der Waals surface area contributed by atoms with Crippen molar-refractivity contribution >= 4 is 11.9 Å². The summed E-state index contributed by atoms with van der Waals surface area (Å²) in [6.45, 7) is 6.80. The van der Waals surface area contributed by atoms with Crippen LogP contribution in [0.25, 0.3) is 0 Å². The molecule has 23 heavy (non-hydrogen) atoms. The number of ether oxygens (including phenoxy) is 2. The van der Waals surface area contributed by atoms with Crippen LogP contribution >= 0.6 is 0 Å². The van der Waals surface area contributed by atoms with Crippen LogP contribution in [0.2, 0.25) is 0 Å². The molecule has 0 aromatic carbocycles. The predicted octanol–water partition coefficient (Wildman–Crippen LogP) is 0.193. The summed E-state index contributed by atoms with van der Waals surface area (Å²) in [7, 11) is 1.82. The van der Waals surface area contributed by atoms with Gasteiger partial charge in [-0.25, -0.2) is 4.79 Å². The fourth-order valence-corrected chi connectivity index (χ4v) is 2.57. The summed E-state index contributed by atoms with van der Waals surface area (Å²) >= 11 is 0. The molecule has 1 amide bonds. The number of esters is 1. The second kappa shape index (κ2) is 8.69. The van der Waals surface area contributed by atoms with Crippen LogP contribution in [-0.2, 0) is 27.7 Å². The second-order valence-electron chi connectivity index (χ2n) is 5.49. The van der Waals surface area contributed by atoms with Crippen LogP contribution in [0.3, 0.4) is 0 Å². The first-order valence-corrected chi connectivity index (χ1v) is 8.00. The van der Waals surface area contributed by atoms with E-state index in [1.165, 1.54) is 0 Å². The average molecular weight is 323 g/mol. The molecule has 0 bridgehead atoms. The maximum atomic E-state index is 12.1. The van der Waals surface area contributed by atoms with Crippen LogP contribution in [0, 0.1) is 0 Å². The lowest BCUT2D eigenvalue weighted by Gasteiger charge is -2.26. The second-order valence-corrected chi connectivity index (χ2v) is 5.49. The van der Waals surface area contributed by atoms with Crippen LogP contribution in [0.4, 0.5) is 0 Å². The van der Waals surface area contributed by atoms with Gasteiger partial charge >= 0.3 is 5.97 Å². The maximum Gasteiger partial charge on any atom is 0.339 e. The maximum absolute atomic E-state index is 12.1. The first-order valence-electron chi connectivity index (χ1n) is 8.00. The number of aryl methyl sites for hydroxylation is 1. The Morgan fingerprint density at radius 2 is 2.09 bits per heavy atom. The molecule has 0 radical (unpaired) electrons. The summed E-state index contributed by atoms with van der Waals surface area (Å²) < 4.78 is 12.1. The molecule has 0 saturated carbocycles. The molecule has 128 valence electrons. The van der Waals surface area contributed by atoms with Gasteiger partial charge in [0, 0.05) is 45.1 Å². The number of rotatable bonds is 7. The van der Waals surface area contributed by atoms with Gasteiger partial charge in [0.25, 0.3) is 0 Å². The third kappa shape index (κ3) is 5.07. The molecule has 1 N–H and O–H groups in total. The molecule has 1 aromatic heterocycles. The van der Waals surface area contributed by atoms with Gasteiger partial charge in [-0.15, -0.1) is 0 Å². The minimum atomic E-state index is -0.385. The van der Waals surface area contributed by atoms with E-state index in [-0.39, 0.29) is 18.3 Å². The van der Waals surface area contributed by atoms with Gasteiger partial charge in [0.2, 0.25) is 5.91 Å². The van der Waals surface area contributed by atoms with Crippen LogP contribution in [0.15, 0.2) is 12.3 Å². The van der Waals surface area contributed by atoms with E-state index in [0.717, 1.165) is 32.8 Å². The van der Waals surface area contributed by atoms with Gasteiger partial charge < -0.3 is 19.4 Å². The fraction of sp³-hybridized carbons (Fsp3) is 0.625. The summed E-state index contributed by atoms with van der Waals surface area (Å²) in [5.41, 5.74) is 1.13. The molecule has 2 rings (SSSR count). The Labute approximate surface area is 136 Å². The number of aromatic nitrogens is 1. The van der Waals surface area contributed by atoms with Crippen molar-refractivity contribution in [1.82, 2.24) is 14.8 Å². The van der Waals surface area contributed by atoms with Crippen molar-refractivity contribution in [3.8, 4) is 0 Å². The van der Waals surface area contributed by atoms with Crippen molar-refractivity contribution in [1.29, 1.82) is 0 Å². The Morgan fingerprint density at radius 3 is 2.78 bits per heavy atom. The van der Waals surface area contributed by atoms with Crippen molar-refractivity contribution in [3.63, 3.8) is 0 Å². The van der Waals surface area contributed by atoms with E-state index in [4.69, 9.17) is 9.47 Å². The number of morpholine rings is 1. The zero-order chi connectivity index (χ0) is 16.7. The smallest absolute Gasteiger partial charge is 0.339 e. The minimum Gasteiger partial charge on any atom is -0.462 e. The van der Waals surface area contributed by atoms with E-state index in [9.17, 15) is 9.59 Å². The van der Waals surface area contributed by atoms with Crippen molar-refractivity contribution in [3.05, 3.63) is 23.5 Å². The highest BCUT2D eigenvalue weighted by atomic mass is 16.5. The highest BCUT2D eigenvalue weighted by Gasteiger charge is 2.18. The van der Waals surface area contributed by atoms with E-state index < -0.39 is 0 Å². The van der Waals surface area contributed by atoms with Gasteiger partial charge in [-0.1, -0.05) is 0 Å². The summed E-state index contributed by atoms with van der Waals surface area (Å²) in [5, 5.41) is 2.91. The Balaban J connectivity index is 1.82. The molecule has 1 saturated heterocycles. The third-order valence-corrected chi connectivity index (χ3v) is 3.88. The van der Waals surface area contributed by atoms with E-state index in [2.05, 4.69) is 10.2 Å². The Hall–Kier alpha value is -1.86. The van der Waals surface area contributed by atoms with Crippen LogP contribution in [0.5, 0.6) is 0 Å². The fourth-order valence-electron chi connectivity index (χ4n) is 2.57. The molecule has 1 fully saturated rings. The summed E-state index contributed by atoms with van der Waals surface area (Å²) in [6.07, 6.45) is 1.93. The Morgan fingerprint density at radius 1 is 1.35 bits per heavy atom. The summed E-state index contributed by atoms with van der Waals surface area (Å²) in [5.74, 6) is -0.477. The molecule has 0 atom stereocenters. The van der Waals surface area contributed by atoms with E-state index in [1.807, 2.05) is 7.05 Å². The predicted molar refractivity (Wildman–Crippen MR) is 85.3 cm³/mol. The zero-order valence-corrected chi connectivity index (χ0v) is 13.8. The highest BCUT2D eigenvalue weighted by molar-refractivity contribution is 5.92. The SMILES string of the molecule is CCOC(=O)c1ccn(C)c1CC(=O)NCCN1CCOCC1. The molecule has 0 spiro atoms. The van der Waals surface area contributed by atoms with Crippen molar-refractivity contribution in [2.24, 2.45) is 7.05 Å². The lowest BCUT2D eigenvalue weighted by atomic mass is 10.2. The van der Waals surface area contributed by atoms with Crippen LogP contribution in [-0.4, -0.2) is 67.3 Å². The molecule has 1 aromatic rings. The number of hydrogen-bond acceptors (Lipinski definition) is 5. The largest absolute Gasteiger partial charge is 0.462 e. The number of nitrogens with zero attached hydrogens (tertiary/aromatic N) is 2. The first-order chi connectivity index (χ1) is 11.1. The molecular formula is C16H25N3O4. The normalized spacial score (nSPS) is 15.4. The monoisotopic (exact) mass is 323 g/mol. The molecule has 2 heterocycles. The van der Waals surface area contributed by atoms with E-state index in [0.29, 0.717) is 24.4 Å². The lowest BCUT2D eigenvalue weighted by Crippen LogP contribution is -2.41. The molecule has 1 aliphatic heterocycles. The van der Waals surface area contributed by atoms with Gasteiger partial charge in [0.05, 0.1) is 31.8 Å². The summed E-state index contributed by atoms with van der Waals surface area (Å²) in [4.78, 5) is 26.3. The first kappa shape index (κ1) is 17.5. The standard InChI is InChI=1S/C16H25N3O4/c1-3-23-16(21)13-4-6-18(2)14(13)12-15(20)17-5-7-19-8-10-22-11-9-19/h4,6H,3,5,7-12H2,1-2H3,(H,17,20). The third-order valence-electron chi connectivity index (χ3n) is 3.88. The van der Waals surface area contributed by atoms with Gasteiger partial charge in [0.15, 0.2) is 0 Å². The molecular weight excluding hydrogens is 298 g/mol. The number of carbonyl (C=O) groups is 2. The number of hydrogen-bond donors (Lipinski definition) is 1. The van der Waals surface area contributed by atoms with Gasteiger partial charge in [-0.2, -0.15) is 0 Å². The van der Waals surface area contributed by atoms with Crippen molar-refractivity contribution in [2.75, 3.05) is 46.0 Å².